The zero-order valence-corrected chi connectivity index (χ0v) is 9.37. The van der Waals surface area contributed by atoms with Gasteiger partial charge in [0.05, 0.1) is 12.2 Å². The molecule has 0 aromatic rings. The smallest absolute Gasteiger partial charge is 0.227 e. The van der Waals surface area contributed by atoms with Gasteiger partial charge < -0.3 is 5.11 Å². The number of nitrogens with zero attached hydrogens (tertiary/aromatic N) is 1. The second kappa shape index (κ2) is 5.29. The van der Waals surface area contributed by atoms with Crippen molar-refractivity contribution in [3.63, 3.8) is 0 Å². The minimum atomic E-state index is -3.58. The molecule has 3 atom stereocenters. The maximum absolute atomic E-state index is 11.3. The highest BCUT2D eigenvalue weighted by molar-refractivity contribution is 7.90. The summed E-state index contributed by atoms with van der Waals surface area (Å²) in [5.74, 6) is 0. The van der Waals surface area contributed by atoms with Gasteiger partial charge >= 0.3 is 0 Å². The molecule has 0 saturated carbocycles. The Morgan fingerprint density at radius 1 is 1.43 bits per heavy atom. The largest absolute Gasteiger partial charge is 0.393 e. The summed E-state index contributed by atoms with van der Waals surface area (Å²) in [6.07, 6.45) is -0.234. The lowest BCUT2D eigenvalue weighted by atomic mass is 10.2. The number of hydrogen-bond acceptors (Lipinski definition) is 4. The summed E-state index contributed by atoms with van der Waals surface area (Å²) in [6.45, 7) is 4.55. The van der Waals surface area contributed by atoms with Crippen molar-refractivity contribution in [2.45, 2.75) is 44.6 Å². The number of nitrogens with one attached hydrogen (secondary N) is 1. The predicted octanol–water partition coefficient (Wildman–Crippen LogP) is -0.0227. The third-order valence-electron chi connectivity index (χ3n) is 1.71. The molecule has 14 heavy (non-hydrogen) atoms. The van der Waals surface area contributed by atoms with Crippen LogP contribution in [0.4, 0.5) is 0 Å². The van der Waals surface area contributed by atoms with Crippen molar-refractivity contribution in [1.29, 1.82) is 5.26 Å². The van der Waals surface area contributed by atoms with Crippen LogP contribution in [0, 0.1) is 11.3 Å². The van der Waals surface area contributed by atoms with E-state index in [1.54, 1.807) is 19.9 Å². The van der Waals surface area contributed by atoms with Crippen LogP contribution in [-0.2, 0) is 10.0 Å². The lowest BCUT2D eigenvalue weighted by Gasteiger charge is -2.16. The van der Waals surface area contributed by atoms with Crippen LogP contribution in [0.2, 0.25) is 0 Å². The molecule has 5 nitrogen and oxygen atoms in total. The molecular weight excluding hydrogens is 204 g/mol. The zero-order valence-electron chi connectivity index (χ0n) is 8.56. The Hall–Kier alpha value is -0.640. The Labute approximate surface area is 84.8 Å². The van der Waals surface area contributed by atoms with Crippen LogP contribution >= 0.6 is 0 Å². The summed E-state index contributed by atoms with van der Waals surface area (Å²) >= 11 is 0. The second-order valence-electron chi connectivity index (χ2n) is 3.42. The molecule has 0 radical (unpaired) electrons. The number of aliphatic hydroxyl groups is 1. The van der Waals surface area contributed by atoms with E-state index in [4.69, 9.17) is 10.4 Å². The number of sulfonamides is 1. The first-order chi connectivity index (χ1) is 6.29. The lowest BCUT2D eigenvalue weighted by molar-refractivity contribution is 0.175. The van der Waals surface area contributed by atoms with Gasteiger partial charge in [0.15, 0.2) is 5.25 Å². The summed E-state index contributed by atoms with van der Waals surface area (Å²) in [6, 6.07) is 1.29. The maximum atomic E-state index is 11.3. The second-order valence-corrected chi connectivity index (χ2v) is 5.45. The van der Waals surface area contributed by atoms with Gasteiger partial charge in [-0.25, -0.2) is 13.1 Å². The van der Waals surface area contributed by atoms with Crippen molar-refractivity contribution in [2.24, 2.45) is 0 Å². The summed E-state index contributed by atoms with van der Waals surface area (Å²) < 4.78 is 25.0. The van der Waals surface area contributed by atoms with Gasteiger partial charge in [-0.3, -0.25) is 0 Å². The van der Waals surface area contributed by atoms with Crippen molar-refractivity contribution in [3.05, 3.63) is 0 Å². The molecule has 0 aliphatic carbocycles. The van der Waals surface area contributed by atoms with Crippen LogP contribution in [0.3, 0.4) is 0 Å². The molecule has 0 bridgehead atoms. The van der Waals surface area contributed by atoms with Gasteiger partial charge in [-0.2, -0.15) is 5.26 Å². The van der Waals surface area contributed by atoms with Gasteiger partial charge in [0.2, 0.25) is 10.0 Å². The normalized spacial score (nSPS) is 18.2. The van der Waals surface area contributed by atoms with Gasteiger partial charge in [0.1, 0.15) is 0 Å². The molecule has 0 amide bonds. The average Bonchev–Trinajstić information content (AvgIpc) is 1.99. The number of nitriles is 1. The van der Waals surface area contributed by atoms with Gasteiger partial charge in [0.25, 0.3) is 0 Å². The highest BCUT2D eigenvalue weighted by atomic mass is 32.2. The van der Waals surface area contributed by atoms with Crippen LogP contribution in [0.15, 0.2) is 0 Å². The van der Waals surface area contributed by atoms with E-state index >= 15 is 0 Å². The fourth-order valence-electron chi connectivity index (χ4n) is 1.01. The van der Waals surface area contributed by atoms with Crippen LogP contribution in [0.5, 0.6) is 0 Å². The number of rotatable bonds is 5. The van der Waals surface area contributed by atoms with E-state index in [1.807, 2.05) is 0 Å². The fourth-order valence-corrected chi connectivity index (χ4v) is 2.01. The molecule has 82 valence electrons. The molecular formula is C8H16N2O3S. The van der Waals surface area contributed by atoms with Crippen LogP contribution in [-0.4, -0.2) is 30.9 Å². The summed E-state index contributed by atoms with van der Waals surface area (Å²) in [7, 11) is -3.58. The first kappa shape index (κ1) is 13.4. The zero-order chi connectivity index (χ0) is 11.4. The fraction of sp³-hybridized carbons (Fsp3) is 0.875. The third-order valence-corrected chi connectivity index (χ3v) is 3.47. The molecule has 0 fully saturated rings. The first-order valence-corrected chi connectivity index (χ1v) is 5.93. The maximum Gasteiger partial charge on any atom is 0.227 e. The van der Waals surface area contributed by atoms with Crippen molar-refractivity contribution < 1.29 is 13.5 Å². The SMILES string of the molecule is CC(O)CC(C)NS(=O)(=O)C(C)C#N. The van der Waals surface area contributed by atoms with E-state index in [9.17, 15) is 8.42 Å². The lowest BCUT2D eigenvalue weighted by Crippen LogP contribution is -2.39. The summed E-state index contributed by atoms with van der Waals surface area (Å²) in [4.78, 5) is 0. The Kier molecular flexibility index (Phi) is 5.05. The van der Waals surface area contributed by atoms with E-state index in [0.29, 0.717) is 6.42 Å². The van der Waals surface area contributed by atoms with Gasteiger partial charge in [-0.1, -0.05) is 0 Å². The summed E-state index contributed by atoms with van der Waals surface area (Å²) in [5, 5.41) is 16.4. The van der Waals surface area contributed by atoms with Crippen molar-refractivity contribution in [1.82, 2.24) is 4.72 Å². The summed E-state index contributed by atoms with van der Waals surface area (Å²) in [5.41, 5.74) is 0. The highest BCUT2D eigenvalue weighted by Crippen LogP contribution is 2.02. The van der Waals surface area contributed by atoms with Gasteiger partial charge in [0, 0.05) is 6.04 Å². The topological polar surface area (TPSA) is 90.2 Å². The predicted molar refractivity (Wildman–Crippen MR) is 52.9 cm³/mol. The molecule has 0 aliphatic heterocycles. The van der Waals surface area contributed by atoms with Gasteiger partial charge in [-0.15, -0.1) is 0 Å². The molecule has 0 heterocycles. The standard InChI is InChI=1S/C8H16N2O3S/c1-6(4-7(2)11)10-14(12,13)8(3)5-9/h6-8,10-11H,4H2,1-3H3. The van der Waals surface area contributed by atoms with Crippen molar-refractivity contribution in [2.75, 3.05) is 0 Å². The quantitative estimate of drug-likeness (QED) is 0.681. The minimum Gasteiger partial charge on any atom is -0.393 e. The van der Waals surface area contributed by atoms with E-state index in [-0.39, 0.29) is 6.04 Å². The Balaban J connectivity index is 4.32. The molecule has 2 N–H and O–H groups in total. The molecule has 0 aliphatic rings. The Bertz CT molecular complexity index is 305. The Morgan fingerprint density at radius 3 is 2.29 bits per heavy atom. The van der Waals surface area contributed by atoms with E-state index in [1.165, 1.54) is 6.92 Å². The molecule has 0 aromatic carbocycles. The molecule has 0 spiro atoms. The molecule has 0 saturated heterocycles. The molecule has 0 rings (SSSR count). The van der Waals surface area contributed by atoms with Crippen molar-refractivity contribution >= 4 is 10.0 Å². The minimum absolute atomic E-state index is 0.331. The highest BCUT2D eigenvalue weighted by Gasteiger charge is 2.22. The monoisotopic (exact) mass is 220 g/mol. The van der Waals surface area contributed by atoms with E-state index in [0.717, 1.165) is 0 Å². The van der Waals surface area contributed by atoms with Gasteiger partial charge in [-0.05, 0) is 27.2 Å². The van der Waals surface area contributed by atoms with Crippen LogP contribution < -0.4 is 4.72 Å². The molecule has 3 unspecified atom stereocenters. The van der Waals surface area contributed by atoms with E-state index in [2.05, 4.69) is 4.72 Å². The first-order valence-electron chi connectivity index (χ1n) is 4.38. The number of aliphatic hydroxyl groups excluding tert-OH is 1. The van der Waals surface area contributed by atoms with Crippen LogP contribution in [0.25, 0.3) is 0 Å². The Morgan fingerprint density at radius 2 is 1.93 bits per heavy atom. The van der Waals surface area contributed by atoms with Crippen LogP contribution in [0.1, 0.15) is 27.2 Å². The molecule has 0 aromatic heterocycles. The average molecular weight is 220 g/mol. The number of hydrogen-bond donors (Lipinski definition) is 2. The van der Waals surface area contributed by atoms with Crippen molar-refractivity contribution in [3.8, 4) is 6.07 Å². The molecule has 6 heteroatoms. The third kappa shape index (κ3) is 4.56. The van der Waals surface area contributed by atoms with E-state index < -0.39 is 21.4 Å².